The molecule has 0 saturated carbocycles. The standard InChI is InChI=1S/C14H17N3O2/c1-14(2,3)15-9-11-8-7-10-5-4-6-12(17(18)19)13(10)16-11/h4-8,15H,9H2,1-3H3. The smallest absolute Gasteiger partial charge is 0.295 e. The zero-order valence-electron chi connectivity index (χ0n) is 11.3. The highest BCUT2D eigenvalue weighted by Gasteiger charge is 2.14. The third-order valence-electron chi connectivity index (χ3n) is 2.75. The minimum Gasteiger partial charge on any atom is -0.306 e. The molecular formula is C14H17N3O2. The molecule has 1 heterocycles. The van der Waals surface area contributed by atoms with Gasteiger partial charge in [-0.1, -0.05) is 18.2 Å². The molecule has 0 amide bonds. The minimum absolute atomic E-state index is 0.0146. The van der Waals surface area contributed by atoms with Crippen LogP contribution in [0.3, 0.4) is 0 Å². The van der Waals surface area contributed by atoms with Gasteiger partial charge in [-0.3, -0.25) is 10.1 Å². The second-order valence-corrected chi connectivity index (χ2v) is 5.51. The highest BCUT2D eigenvalue weighted by molar-refractivity contribution is 5.87. The molecule has 19 heavy (non-hydrogen) atoms. The lowest BCUT2D eigenvalue weighted by Gasteiger charge is -2.20. The van der Waals surface area contributed by atoms with Gasteiger partial charge in [0.05, 0.1) is 10.6 Å². The van der Waals surface area contributed by atoms with Gasteiger partial charge in [0, 0.05) is 23.5 Å². The lowest BCUT2D eigenvalue weighted by Crippen LogP contribution is -2.35. The van der Waals surface area contributed by atoms with Gasteiger partial charge >= 0.3 is 0 Å². The van der Waals surface area contributed by atoms with Gasteiger partial charge in [-0.05, 0) is 26.8 Å². The van der Waals surface area contributed by atoms with Crippen molar-refractivity contribution >= 4 is 16.6 Å². The highest BCUT2D eigenvalue weighted by atomic mass is 16.6. The molecule has 0 aliphatic carbocycles. The lowest BCUT2D eigenvalue weighted by molar-refractivity contribution is -0.383. The maximum absolute atomic E-state index is 11.0. The Labute approximate surface area is 111 Å². The fourth-order valence-corrected chi connectivity index (χ4v) is 1.77. The van der Waals surface area contributed by atoms with E-state index in [-0.39, 0.29) is 11.2 Å². The molecule has 2 rings (SSSR count). The first-order valence-corrected chi connectivity index (χ1v) is 6.15. The first-order valence-electron chi connectivity index (χ1n) is 6.15. The quantitative estimate of drug-likeness (QED) is 0.679. The summed E-state index contributed by atoms with van der Waals surface area (Å²) in [5.41, 5.74) is 1.28. The van der Waals surface area contributed by atoms with Crippen LogP contribution in [-0.4, -0.2) is 15.4 Å². The number of aromatic nitrogens is 1. The van der Waals surface area contributed by atoms with Crippen molar-refractivity contribution in [2.45, 2.75) is 32.9 Å². The van der Waals surface area contributed by atoms with Crippen LogP contribution < -0.4 is 5.32 Å². The molecule has 0 aliphatic heterocycles. The molecule has 0 fully saturated rings. The summed E-state index contributed by atoms with van der Waals surface area (Å²) in [6.07, 6.45) is 0. The van der Waals surface area contributed by atoms with Gasteiger partial charge in [0.1, 0.15) is 5.52 Å². The zero-order valence-corrected chi connectivity index (χ0v) is 11.3. The van der Waals surface area contributed by atoms with Crippen molar-refractivity contribution in [3.8, 4) is 0 Å². The van der Waals surface area contributed by atoms with Crippen LogP contribution in [0.4, 0.5) is 5.69 Å². The van der Waals surface area contributed by atoms with Crippen molar-refractivity contribution in [1.29, 1.82) is 0 Å². The molecule has 2 aromatic rings. The molecule has 5 heteroatoms. The van der Waals surface area contributed by atoms with E-state index >= 15 is 0 Å². The topological polar surface area (TPSA) is 68.1 Å². The molecule has 100 valence electrons. The molecule has 0 radical (unpaired) electrons. The summed E-state index contributed by atoms with van der Waals surface area (Å²) in [6, 6.07) is 8.75. The van der Waals surface area contributed by atoms with Gasteiger partial charge in [0.15, 0.2) is 0 Å². The zero-order chi connectivity index (χ0) is 14.0. The first-order chi connectivity index (χ1) is 8.87. The van der Waals surface area contributed by atoms with Gasteiger partial charge in [-0.15, -0.1) is 0 Å². The van der Waals surface area contributed by atoms with Crippen LogP contribution in [0.25, 0.3) is 10.9 Å². The van der Waals surface area contributed by atoms with Crippen molar-refractivity contribution < 1.29 is 4.92 Å². The number of nitro benzene ring substituents is 1. The number of benzene rings is 1. The van der Waals surface area contributed by atoms with Crippen LogP contribution in [0.15, 0.2) is 30.3 Å². The first kappa shape index (κ1) is 13.4. The largest absolute Gasteiger partial charge is 0.306 e. The van der Waals surface area contributed by atoms with Crippen molar-refractivity contribution in [1.82, 2.24) is 10.3 Å². The van der Waals surface area contributed by atoms with Crippen LogP contribution in [-0.2, 0) is 6.54 Å². The van der Waals surface area contributed by atoms with E-state index in [1.165, 1.54) is 6.07 Å². The molecule has 0 unspecified atom stereocenters. The highest BCUT2D eigenvalue weighted by Crippen LogP contribution is 2.23. The summed E-state index contributed by atoms with van der Waals surface area (Å²) in [6.45, 7) is 6.79. The molecule has 1 N–H and O–H groups in total. The van der Waals surface area contributed by atoms with Gasteiger partial charge in [-0.2, -0.15) is 0 Å². The number of nitrogens with zero attached hydrogens (tertiary/aromatic N) is 2. The number of nitro groups is 1. The fraction of sp³-hybridized carbons (Fsp3) is 0.357. The molecule has 1 aromatic heterocycles. The van der Waals surface area contributed by atoms with E-state index in [4.69, 9.17) is 0 Å². The third kappa shape index (κ3) is 3.26. The van der Waals surface area contributed by atoms with E-state index in [1.54, 1.807) is 6.07 Å². The number of hydrogen-bond acceptors (Lipinski definition) is 4. The monoisotopic (exact) mass is 259 g/mol. The molecule has 0 bridgehead atoms. The molecule has 0 aliphatic rings. The van der Waals surface area contributed by atoms with E-state index in [1.807, 2.05) is 18.2 Å². The van der Waals surface area contributed by atoms with Crippen molar-refractivity contribution in [3.63, 3.8) is 0 Å². The normalized spacial score (nSPS) is 11.7. The number of fused-ring (bicyclic) bond motifs is 1. The summed E-state index contributed by atoms with van der Waals surface area (Å²) in [7, 11) is 0. The number of non-ortho nitro benzene ring substituents is 1. The maximum atomic E-state index is 11.0. The number of pyridine rings is 1. The Bertz CT molecular complexity index is 618. The van der Waals surface area contributed by atoms with Crippen LogP contribution in [0.1, 0.15) is 26.5 Å². The molecule has 0 saturated heterocycles. The van der Waals surface area contributed by atoms with Crippen molar-refractivity contribution in [2.75, 3.05) is 0 Å². The van der Waals surface area contributed by atoms with E-state index in [9.17, 15) is 10.1 Å². The predicted octanol–water partition coefficient (Wildman–Crippen LogP) is 3.03. The van der Waals surface area contributed by atoms with Gasteiger partial charge < -0.3 is 5.32 Å². The molecule has 0 atom stereocenters. The Morgan fingerprint density at radius 2 is 2.00 bits per heavy atom. The summed E-state index contributed by atoms with van der Waals surface area (Å²) in [5.74, 6) is 0. The van der Waals surface area contributed by atoms with Crippen LogP contribution in [0.5, 0.6) is 0 Å². The Hall–Kier alpha value is -2.01. The van der Waals surface area contributed by atoms with Crippen LogP contribution >= 0.6 is 0 Å². The van der Waals surface area contributed by atoms with E-state index in [0.29, 0.717) is 12.1 Å². The number of rotatable bonds is 3. The molecule has 5 nitrogen and oxygen atoms in total. The van der Waals surface area contributed by atoms with Gasteiger partial charge in [-0.25, -0.2) is 4.98 Å². The van der Waals surface area contributed by atoms with E-state index in [2.05, 4.69) is 31.1 Å². The van der Waals surface area contributed by atoms with E-state index in [0.717, 1.165) is 11.1 Å². The fourth-order valence-electron chi connectivity index (χ4n) is 1.77. The number of hydrogen-bond donors (Lipinski definition) is 1. The number of para-hydroxylation sites is 1. The average molecular weight is 259 g/mol. The Balaban J connectivity index is 2.38. The Kier molecular flexibility index (Phi) is 3.48. The second-order valence-electron chi connectivity index (χ2n) is 5.51. The van der Waals surface area contributed by atoms with Crippen molar-refractivity contribution in [3.05, 3.63) is 46.1 Å². The SMILES string of the molecule is CC(C)(C)NCc1ccc2cccc([N+](=O)[O-])c2n1. The maximum Gasteiger partial charge on any atom is 0.295 e. The average Bonchev–Trinajstić information content (AvgIpc) is 2.34. The summed E-state index contributed by atoms with van der Waals surface area (Å²) in [4.78, 5) is 15.0. The van der Waals surface area contributed by atoms with E-state index < -0.39 is 4.92 Å². The van der Waals surface area contributed by atoms with Gasteiger partial charge in [0.25, 0.3) is 5.69 Å². The summed E-state index contributed by atoms with van der Waals surface area (Å²) < 4.78 is 0. The summed E-state index contributed by atoms with van der Waals surface area (Å²) >= 11 is 0. The Morgan fingerprint density at radius 1 is 1.26 bits per heavy atom. The van der Waals surface area contributed by atoms with Gasteiger partial charge in [0.2, 0.25) is 0 Å². The van der Waals surface area contributed by atoms with Crippen LogP contribution in [0.2, 0.25) is 0 Å². The second kappa shape index (κ2) is 4.93. The minimum atomic E-state index is -0.393. The molecule has 1 aromatic carbocycles. The molecular weight excluding hydrogens is 242 g/mol. The van der Waals surface area contributed by atoms with Crippen molar-refractivity contribution in [2.24, 2.45) is 0 Å². The Morgan fingerprint density at radius 3 is 2.63 bits per heavy atom. The molecule has 0 spiro atoms. The lowest BCUT2D eigenvalue weighted by atomic mass is 10.1. The number of nitrogens with one attached hydrogen (secondary N) is 1. The van der Waals surface area contributed by atoms with Crippen LogP contribution in [0, 0.1) is 10.1 Å². The predicted molar refractivity (Wildman–Crippen MR) is 75.0 cm³/mol. The third-order valence-corrected chi connectivity index (χ3v) is 2.75. The summed E-state index contributed by atoms with van der Waals surface area (Å²) in [5, 5.41) is 15.1.